The Kier molecular flexibility index (Phi) is 6.41. The van der Waals surface area contributed by atoms with Crippen LogP contribution < -0.4 is 10.9 Å². The van der Waals surface area contributed by atoms with Gasteiger partial charge in [0.15, 0.2) is 5.16 Å². The number of amides is 1. The maximum atomic E-state index is 12.5. The van der Waals surface area contributed by atoms with E-state index in [2.05, 4.69) is 10.3 Å². The molecule has 6 nitrogen and oxygen atoms in total. The fourth-order valence-corrected chi connectivity index (χ4v) is 3.49. The second-order valence-electron chi connectivity index (χ2n) is 4.62. The number of ether oxygens (including phenoxy) is 1. The highest BCUT2D eigenvalue weighted by atomic mass is 32.2. The summed E-state index contributed by atoms with van der Waals surface area (Å²) in [6, 6.07) is 1.82. The van der Waals surface area contributed by atoms with Gasteiger partial charge in [-0.3, -0.25) is 14.2 Å². The van der Waals surface area contributed by atoms with Crippen molar-refractivity contribution in [1.29, 1.82) is 0 Å². The van der Waals surface area contributed by atoms with Gasteiger partial charge in [-0.25, -0.2) is 4.98 Å². The fourth-order valence-electron chi connectivity index (χ4n) is 1.86. The molecular weight excluding hydrogens is 322 g/mol. The molecule has 2 heterocycles. The third-order valence-corrected chi connectivity index (χ3v) is 4.82. The summed E-state index contributed by atoms with van der Waals surface area (Å²) in [7, 11) is 1.59. The van der Waals surface area contributed by atoms with Crippen molar-refractivity contribution in [2.45, 2.75) is 25.0 Å². The molecule has 0 spiro atoms. The van der Waals surface area contributed by atoms with E-state index < -0.39 is 0 Å². The van der Waals surface area contributed by atoms with Crippen molar-refractivity contribution in [2.24, 2.45) is 0 Å². The zero-order chi connectivity index (χ0) is 15.9. The van der Waals surface area contributed by atoms with Crippen molar-refractivity contribution in [1.82, 2.24) is 14.9 Å². The average molecular weight is 341 g/mol. The summed E-state index contributed by atoms with van der Waals surface area (Å²) >= 11 is 2.66. The molecule has 0 aromatic carbocycles. The molecule has 0 aliphatic heterocycles. The summed E-state index contributed by atoms with van der Waals surface area (Å²) in [5.74, 6) is 0.194. The van der Waals surface area contributed by atoms with E-state index in [9.17, 15) is 9.59 Å². The van der Waals surface area contributed by atoms with Crippen LogP contribution >= 0.6 is 23.1 Å². The van der Waals surface area contributed by atoms with E-state index in [0.29, 0.717) is 35.1 Å². The second-order valence-corrected chi connectivity index (χ2v) is 6.48. The Morgan fingerprint density at radius 1 is 1.55 bits per heavy atom. The predicted molar refractivity (Wildman–Crippen MR) is 89.8 cm³/mol. The molecule has 0 aliphatic carbocycles. The molecule has 1 N–H and O–H groups in total. The number of carbonyl (C=O) groups excluding carboxylic acids is 1. The van der Waals surface area contributed by atoms with E-state index in [0.717, 1.165) is 6.42 Å². The monoisotopic (exact) mass is 341 g/mol. The van der Waals surface area contributed by atoms with Crippen LogP contribution in [0.25, 0.3) is 10.2 Å². The predicted octanol–water partition coefficient (Wildman–Crippen LogP) is 1.72. The SMILES string of the molecule is CCCNC(=O)CSc1nc2ccsc2c(=O)n1CCOC. The molecule has 0 saturated heterocycles. The first-order valence-electron chi connectivity index (χ1n) is 7.03. The van der Waals surface area contributed by atoms with Gasteiger partial charge in [0.25, 0.3) is 5.56 Å². The van der Waals surface area contributed by atoms with Crippen molar-refractivity contribution < 1.29 is 9.53 Å². The van der Waals surface area contributed by atoms with Crippen LogP contribution in [0.1, 0.15) is 13.3 Å². The summed E-state index contributed by atoms with van der Waals surface area (Å²) in [5.41, 5.74) is 0.605. The van der Waals surface area contributed by atoms with E-state index in [1.807, 2.05) is 18.4 Å². The minimum absolute atomic E-state index is 0.0511. The number of methoxy groups -OCH3 is 1. The standard InChI is InChI=1S/C14H19N3O3S2/c1-3-5-15-11(18)9-22-14-16-10-4-8-21-12(10)13(19)17(14)6-7-20-2/h4,8H,3,5-7,9H2,1-2H3,(H,15,18). The Labute approximate surface area is 136 Å². The van der Waals surface area contributed by atoms with E-state index in [-0.39, 0.29) is 17.2 Å². The van der Waals surface area contributed by atoms with E-state index in [4.69, 9.17) is 4.74 Å². The van der Waals surface area contributed by atoms with E-state index in [1.165, 1.54) is 23.1 Å². The first-order valence-corrected chi connectivity index (χ1v) is 8.90. The number of rotatable bonds is 8. The van der Waals surface area contributed by atoms with E-state index in [1.54, 1.807) is 11.7 Å². The number of fused-ring (bicyclic) bond motifs is 1. The highest BCUT2D eigenvalue weighted by molar-refractivity contribution is 7.99. The van der Waals surface area contributed by atoms with Crippen LogP contribution in [0.5, 0.6) is 0 Å². The molecule has 0 aliphatic rings. The molecule has 2 aromatic heterocycles. The quantitative estimate of drug-likeness (QED) is 0.585. The molecule has 2 aromatic rings. The Bertz CT molecular complexity index is 696. The smallest absolute Gasteiger partial charge is 0.272 e. The van der Waals surface area contributed by atoms with Crippen LogP contribution in [0.3, 0.4) is 0 Å². The van der Waals surface area contributed by atoms with Crippen LogP contribution in [0.2, 0.25) is 0 Å². The molecule has 0 saturated carbocycles. The Morgan fingerprint density at radius 3 is 3.09 bits per heavy atom. The lowest BCUT2D eigenvalue weighted by molar-refractivity contribution is -0.118. The van der Waals surface area contributed by atoms with Gasteiger partial charge in [-0.05, 0) is 17.9 Å². The summed E-state index contributed by atoms with van der Waals surface area (Å²) in [6.45, 7) is 3.51. The van der Waals surface area contributed by atoms with Crippen LogP contribution in [0, 0.1) is 0 Å². The summed E-state index contributed by atoms with van der Waals surface area (Å²) in [4.78, 5) is 28.7. The summed E-state index contributed by atoms with van der Waals surface area (Å²) in [5, 5.41) is 5.22. The zero-order valence-corrected chi connectivity index (χ0v) is 14.3. The number of carbonyl (C=O) groups is 1. The van der Waals surface area contributed by atoms with Crippen molar-refractivity contribution in [2.75, 3.05) is 26.0 Å². The number of nitrogens with one attached hydrogen (secondary N) is 1. The molecule has 0 fully saturated rings. The normalized spacial score (nSPS) is 11.0. The third kappa shape index (κ3) is 4.08. The molecule has 120 valence electrons. The maximum absolute atomic E-state index is 12.5. The molecule has 0 radical (unpaired) electrons. The van der Waals surface area contributed by atoms with Crippen molar-refractivity contribution in [3.63, 3.8) is 0 Å². The average Bonchev–Trinajstić information content (AvgIpc) is 2.98. The maximum Gasteiger partial charge on any atom is 0.272 e. The van der Waals surface area contributed by atoms with Gasteiger partial charge in [0.2, 0.25) is 5.91 Å². The van der Waals surface area contributed by atoms with Crippen molar-refractivity contribution in [3.05, 3.63) is 21.8 Å². The van der Waals surface area contributed by atoms with Crippen molar-refractivity contribution >= 4 is 39.2 Å². The number of thiophene rings is 1. The van der Waals surface area contributed by atoms with Gasteiger partial charge in [0.05, 0.1) is 24.4 Å². The Hall–Kier alpha value is -1.38. The second kappa shape index (κ2) is 8.30. The Balaban J connectivity index is 2.22. The lowest BCUT2D eigenvalue weighted by Crippen LogP contribution is -2.27. The van der Waals surface area contributed by atoms with Gasteiger partial charge < -0.3 is 10.1 Å². The number of aromatic nitrogens is 2. The lowest BCUT2D eigenvalue weighted by atomic mass is 10.4. The van der Waals surface area contributed by atoms with Gasteiger partial charge in [0, 0.05) is 13.7 Å². The lowest BCUT2D eigenvalue weighted by Gasteiger charge is -2.11. The molecule has 2 rings (SSSR count). The molecule has 8 heteroatoms. The number of thioether (sulfide) groups is 1. The van der Waals surface area contributed by atoms with Gasteiger partial charge in [0.1, 0.15) is 4.70 Å². The number of hydrogen-bond donors (Lipinski definition) is 1. The molecule has 0 unspecified atom stereocenters. The van der Waals surface area contributed by atoms with Crippen LogP contribution in [0.4, 0.5) is 0 Å². The van der Waals surface area contributed by atoms with Crippen LogP contribution in [-0.2, 0) is 16.1 Å². The summed E-state index contributed by atoms with van der Waals surface area (Å²) in [6.07, 6.45) is 0.897. The molecule has 0 bridgehead atoms. The molecule has 1 amide bonds. The topological polar surface area (TPSA) is 73.2 Å². The largest absolute Gasteiger partial charge is 0.383 e. The van der Waals surface area contributed by atoms with Gasteiger partial charge in [-0.15, -0.1) is 11.3 Å². The summed E-state index contributed by atoms with van der Waals surface area (Å²) < 4.78 is 7.27. The first-order chi connectivity index (χ1) is 10.7. The highest BCUT2D eigenvalue weighted by Crippen LogP contribution is 2.20. The molecule has 22 heavy (non-hydrogen) atoms. The number of nitrogens with zero attached hydrogens (tertiary/aromatic N) is 2. The highest BCUT2D eigenvalue weighted by Gasteiger charge is 2.13. The minimum Gasteiger partial charge on any atom is -0.383 e. The van der Waals surface area contributed by atoms with Crippen LogP contribution in [-0.4, -0.2) is 41.5 Å². The fraction of sp³-hybridized carbons (Fsp3) is 0.500. The number of hydrogen-bond acceptors (Lipinski definition) is 6. The minimum atomic E-state index is -0.0754. The Morgan fingerprint density at radius 2 is 2.36 bits per heavy atom. The van der Waals surface area contributed by atoms with Gasteiger partial charge >= 0.3 is 0 Å². The molecular formula is C14H19N3O3S2. The zero-order valence-electron chi connectivity index (χ0n) is 12.6. The van der Waals surface area contributed by atoms with Crippen molar-refractivity contribution in [3.8, 4) is 0 Å². The van der Waals surface area contributed by atoms with E-state index >= 15 is 0 Å². The van der Waals surface area contributed by atoms with Gasteiger partial charge in [-0.1, -0.05) is 18.7 Å². The first kappa shape index (κ1) is 17.0. The third-order valence-electron chi connectivity index (χ3n) is 2.95. The van der Waals surface area contributed by atoms with Crippen LogP contribution in [0.15, 0.2) is 21.4 Å². The molecule has 0 atom stereocenters. The van der Waals surface area contributed by atoms with Gasteiger partial charge in [-0.2, -0.15) is 0 Å².